The normalized spacial score (nSPS) is 12.5. The van der Waals surface area contributed by atoms with E-state index in [1.807, 2.05) is 6.92 Å². The minimum absolute atomic E-state index is 0.358. The zero-order chi connectivity index (χ0) is 7.82. The van der Waals surface area contributed by atoms with E-state index in [1.165, 1.54) is 12.8 Å². The smallest absolute Gasteiger partial charge is 0.0638 e. The van der Waals surface area contributed by atoms with Crippen molar-refractivity contribution >= 4 is 0 Å². The van der Waals surface area contributed by atoms with Crippen LogP contribution in [0.4, 0.5) is 0 Å². The molecule has 0 heterocycles. The molecule has 0 unspecified atom stereocenters. The molecule has 0 aliphatic heterocycles. The zero-order valence-electron chi connectivity index (χ0n) is 6.85. The van der Waals surface area contributed by atoms with E-state index in [1.54, 1.807) is 0 Å². The first-order chi connectivity index (χ1) is 4.81. The summed E-state index contributed by atoms with van der Waals surface area (Å²) in [6.07, 6.45) is 3.03. The molecular weight excluding hydrogens is 124 g/mol. The molecule has 2 heteroatoms. The van der Waals surface area contributed by atoms with Crippen LogP contribution < -0.4 is 5.32 Å². The summed E-state index contributed by atoms with van der Waals surface area (Å²) < 4.78 is 0. The molecule has 0 spiro atoms. The standard InChI is InChI=1S/C8H16N2/c1-3-4-7-10-8(2)5-6-9/h8,10H,3-5,7H2,1-2H3/t8-/m0/s1. The summed E-state index contributed by atoms with van der Waals surface area (Å²) in [4.78, 5) is 0. The molecule has 0 aromatic heterocycles. The molecule has 0 saturated heterocycles. The molecule has 0 aliphatic rings. The average molecular weight is 140 g/mol. The molecule has 0 aliphatic carbocycles. The number of hydrogen-bond acceptors (Lipinski definition) is 2. The topological polar surface area (TPSA) is 35.8 Å². The van der Waals surface area contributed by atoms with Crippen LogP contribution in [-0.4, -0.2) is 12.6 Å². The lowest BCUT2D eigenvalue weighted by atomic mass is 10.2. The van der Waals surface area contributed by atoms with E-state index in [0.717, 1.165) is 6.54 Å². The first-order valence-electron chi connectivity index (χ1n) is 3.91. The third-order valence-corrected chi connectivity index (χ3v) is 1.42. The largest absolute Gasteiger partial charge is 0.313 e. The molecule has 0 saturated carbocycles. The number of nitrogens with one attached hydrogen (secondary N) is 1. The fourth-order valence-corrected chi connectivity index (χ4v) is 0.734. The Morgan fingerprint density at radius 3 is 2.80 bits per heavy atom. The van der Waals surface area contributed by atoms with Gasteiger partial charge < -0.3 is 5.32 Å². The molecule has 1 N–H and O–H groups in total. The van der Waals surface area contributed by atoms with Crippen LogP contribution in [0, 0.1) is 11.3 Å². The third-order valence-electron chi connectivity index (χ3n) is 1.42. The number of nitriles is 1. The SMILES string of the molecule is CCCCN[C@@H](C)CC#N. The van der Waals surface area contributed by atoms with Crippen LogP contribution in [-0.2, 0) is 0 Å². The summed E-state index contributed by atoms with van der Waals surface area (Å²) in [5, 5.41) is 11.6. The van der Waals surface area contributed by atoms with Gasteiger partial charge in [-0.25, -0.2) is 0 Å². The van der Waals surface area contributed by atoms with E-state index in [2.05, 4.69) is 18.3 Å². The van der Waals surface area contributed by atoms with Crippen LogP contribution in [0.15, 0.2) is 0 Å². The molecule has 0 bridgehead atoms. The second-order valence-corrected chi connectivity index (χ2v) is 2.57. The first kappa shape index (κ1) is 9.45. The first-order valence-corrected chi connectivity index (χ1v) is 3.91. The van der Waals surface area contributed by atoms with Gasteiger partial charge in [0.15, 0.2) is 0 Å². The van der Waals surface area contributed by atoms with Gasteiger partial charge in [0, 0.05) is 6.04 Å². The van der Waals surface area contributed by atoms with Gasteiger partial charge in [0.25, 0.3) is 0 Å². The second-order valence-electron chi connectivity index (χ2n) is 2.57. The van der Waals surface area contributed by atoms with Crippen molar-refractivity contribution in [3.8, 4) is 6.07 Å². The van der Waals surface area contributed by atoms with Crippen molar-refractivity contribution in [3.05, 3.63) is 0 Å². The van der Waals surface area contributed by atoms with Crippen molar-refractivity contribution in [1.82, 2.24) is 5.32 Å². The summed E-state index contributed by atoms with van der Waals surface area (Å²) in [6.45, 7) is 5.24. The summed E-state index contributed by atoms with van der Waals surface area (Å²) >= 11 is 0. The summed E-state index contributed by atoms with van der Waals surface area (Å²) in [5.41, 5.74) is 0. The van der Waals surface area contributed by atoms with Crippen LogP contribution in [0.25, 0.3) is 0 Å². The van der Waals surface area contributed by atoms with Crippen molar-refractivity contribution in [3.63, 3.8) is 0 Å². The van der Waals surface area contributed by atoms with Crippen molar-refractivity contribution in [2.24, 2.45) is 0 Å². The summed E-state index contributed by atoms with van der Waals surface area (Å²) in [5.74, 6) is 0. The highest BCUT2D eigenvalue weighted by Crippen LogP contribution is 1.89. The van der Waals surface area contributed by atoms with E-state index in [-0.39, 0.29) is 0 Å². The Balaban J connectivity index is 3.06. The molecule has 1 atom stereocenters. The van der Waals surface area contributed by atoms with Gasteiger partial charge in [0.1, 0.15) is 0 Å². The average Bonchev–Trinajstić information content (AvgIpc) is 1.89. The van der Waals surface area contributed by atoms with Crippen LogP contribution in [0.5, 0.6) is 0 Å². The lowest BCUT2D eigenvalue weighted by molar-refractivity contribution is 0.541. The predicted molar refractivity (Wildman–Crippen MR) is 42.6 cm³/mol. The quantitative estimate of drug-likeness (QED) is 0.590. The number of hydrogen-bond donors (Lipinski definition) is 1. The van der Waals surface area contributed by atoms with Crippen LogP contribution >= 0.6 is 0 Å². The highest BCUT2D eigenvalue weighted by molar-refractivity contribution is 4.76. The van der Waals surface area contributed by atoms with E-state index in [0.29, 0.717) is 12.5 Å². The predicted octanol–water partition coefficient (Wildman–Crippen LogP) is 1.68. The Kier molecular flexibility index (Phi) is 6.21. The van der Waals surface area contributed by atoms with Crippen molar-refractivity contribution < 1.29 is 0 Å². The van der Waals surface area contributed by atoms with Gasteiger partial charge in [-0.05, 0) is 19.9 Å². The minimum atomic E-state index is 0.358. The maximum absolute atomic E-state index is 8.30. The Bertz CT molecular complexity index is 104. The second kappa shape index (κ2) is 6.57. The molecule has 2 nitrogen and oxygen atoms in total. The Labute approximate surface area is 63.2 Å². The van der Waals surface area contributed by atoms with Gasteiger partial charge in [0.2, 0.25) is 0 Å². The summed E-state index contributed by atoms with van der Waals surface area (Å²) in [7, 11) is 0. The fraction of sp³-hybridized carbons (Fsp3) is 0.875. The van der Waals surface area contributed by atoms with Gasteiger partial charge >= 0.3 is 0 Å². The third kappa shape index (κ3) is 5.58. The molecule has 0 aromatic rings. The highest BCUT2D eigenvalue weighted by atomic mass is 14.9. The Hall–Kier alpha value is -0.550. The van der Waals surface area contributed by atoms with Gasteiger partial charge in [-0.3, -0.25) is 0 Å². The highest BCUT2D eigenvalue weighted by Gasteiger charge is 1.96. The van der Waals surface area contributed by atoms with Gasteiger partial charge in [0.05, 0.1) is 12.5 Å². The molecule has 10 heavy (non-hydrogen) atoms. The minimum Gasteiger partial charge on any atom is -0.313 e. The molecule has 58 valence electrons. The number of nitrogens with zero attached hydrogens (tertiary/aromatic N) is 1. The zero-order valence-corrected chi connectivity index (χ0v) is 6.85. The van der Waals surface area contributed by atoms with E-state index in [4.69, 9.17) is 5.26 Å². The summed E-state index contributed by atoms with van der Waals surface area (Å²) in [6, 6.07) is 2.49. The number of rotatable bonds is 5. The fourth-order valence-electron chi connectivity index (χ4n) is 0.734. The van der Waals surface area contributed by atoms with Crippen molar-refractivity contribution in [2.75, 3.05) is 6.54 Å². The molecule has 0 rings (SSSR count). The maximum Gasteiger partial charge on any atom is 0.0638 e. The van der Waals surface area contributed by atoms with Gasteiger partial charge in [-0.1, -0.05) is 13.3 Å². The van der Waals surface area contributed by atoms with Crippen LogP contribution in [0.3, 0.4) is 0 Å². The maximum atomic E-state index is 8.30. The van der Waals surface area contributed by atoms with Crippen molar-refractivity contribution in [2.45, 2.75) is 39.2 Å². The lowest BCUT2D eigenvalue weighted by Crippen LogP contribution is -2.26. The van der Waals surface area contributed by atoms with E-state index < -0.39 is 0 Å². The van der Waals surface area contributed by atoms with Gasteiger partial charge in [-0.2, -0.15) is 5.26 Å². The number of unbranched alkanes of at least 4 members (excludes halogenated alkanes) is 1. The molecule has 0 amide bonds. The van der Waals surface area contributed by atoms with Crippen molar-refractivity contribution in [1.29, 1.82) is 5.26 Å². The Morgan fingerprint density at radius 1 is 1.60 bits per heavy atom. The molecule has 0 radical (unpaired) electrons. The Morgan fingerprint density at radius 2 is 2.30 bits per heavy atom. The van der Waals surface area contributed by atoms with E-state index >= 15 is 0 Å². The molecule has 0 fully saturated rings. The lowest BCUT2D eigenvalue weighted by Gasteiger charge is -2.07. The monoisotopic (exact) mass is 140 g/mol. The van der Waals surface area contributed by atoms with Crippen LogP contribution in [0.1, 0.15) is 33.1 Å². The van der Waals surface area contributed by atoms with E-state index in [9.17, 15) is 0 Å². The van der Waals surface area contributed by atoms with Gasteiger partial charge in [-0.15, -0.1) is 0 Å². The van der Waals surface area contributed by atoms with Crippen LogP contribution in [0.2, 0.25) is 0 Å². The molecular formula is C8H16N2. The molecule has 0 aromatic carbocycles.